The molecule has 0 bridgehead atoms. The maximum absolute atomic E-state index is 11.4. The second-order valence-corrected chi connectivity index (χ2v) is 5.75. The maximum Gasteiger partial charge on any atom is 0.236 e. The molecule has 0 unspecified atom stereocenters. The Hall–Kier alpha value is -0.910. The van der Waals surface area contributed by atoms with Crippen LogP contribution in [0.4, 0.5) is 0 Å². The summed E-state index contributed by atoms with van der Waals surface area (Å²) in [5, 5.41) is 9.35. The quantitative estimate of drug-likeness (QED) is 0.622. The molecule has 6 heteroatoms. The summed E-state index contributed by atoms with van der Waals surface area (Å²) in [6.45, 7) is 4.28. The SMILES string of the molecule is CC(C)(Br)C(=O)NCCCc1ncn[nH]1. The van der Waals surface area contributed by atoms with Crippen LogP contribution in [0, 0.1) is 0 Å². The van der Waals surface area contributed by atoms with Crippen molar-refractivity contribution in [1.82, 2.24) is 20.5 Å². The van der Waals surface area contributed by atoms with Crippen molar-refractivity contribution in [2.75, 3.05) is 6.54 Å². The van der Waals surface area contributed by atoms with Gasteiger partial charge >= 0.3 is 0 Å². The summed E-state index contributed by atoms with van der Waals surface area (Å²) in [6.07, 6.45) is 3.13. The number of aromatic amines is 1. The van der Waals surface area contributed by atoms with Crippen molar-refractivity contribution in [3.8, 4) is 0 Å². The molecule has 1 aromatic heterocycles. The first kappa shape index (κ1) is 12.2. The predicted molar refractivity (Wildman–Crippen MR) is 60.7 cm³/mol. The predicted octanol–water partition coefficient (Wildman–Crippen LogP) is 1.03. The van der Waals surface area contributed by atoms with Gasteiger partial charge in [0.2, 0.25) is 5.91 Å². The highest BCUT2D eigenvalue weighted by atomic mass is 79.9. The molecular weight excluding hydrogens is 260 g/mol. The van der Waals surface area contributed by atoms with Gasteiger partial charge in [0.1, 0.15) is 12.2 Å². The summed E-state index contributed by atoms with van der Waals surface area (Å²) in [4.78, 5) is 15.4. The second-order valence-electron chi connectivity index (χ2n) is 3.76. The highest BCUT2D eigenvalue weighted by Crippen LogP contribution is 2.14. The third kappa shape index (κ3) is 4.42. The molecule has 0 aliphatic heterocycles. The van der Waals surface area contributed by atoms with Gasteiger partial charge in [-0.2, -0.15) is 5.10 Å². The zero-order valence-electron chi connectivity index (χ0n) is 8.88. The number of carbonyl (C=O) groups excluding carboxylic acids is 1. The summed E-state index contributed by atoms with van der Waals surface area (Å²) in [7, 11) is 0. The smallest absolute Gasteiger partial charge is 0.236 e. The molecule has 15 heavy (non-hydrogen) atoms. The molecule has 0 atom stereocenters. The lowest BCUT2D eigenvalue weighted by molar-refractivity contribution is -0.122. The molecule has 1 amide bonds. The lowest BCUT2D eigenvalue weighted by Gasteiger charge is -2.15. The minimum absolute atomic E-state index is 0.0000647. The van der Waals surface area contributed by atoms with E-state index in [0.717, 1.165) is 18.7 Å². The van der Waals surface area contributed by atoms with Gasteiger partial charge in [-0.25, -0.2) is 4.98 Å². The number of hydrogen-bond donors (Lipinski definition) is 2. The van der Waals surface area contributed by atoms with Crippen molar-refractivity contribution >= 4 is 21.8 Å². The van der Waals surface area contributed by atoms with Crippen LogP contribution in [-0.4, -0.2) is 32.0 Å². The molecule has 0 aliphatic carbocycles. The summed E-state index contributed by atoms with van der Waals surface area (Å²) in [6, 6.07) is 0. The Balaban J connectivity index is 2.15. The minimum atomic E-state index is -0.501. The molecule has 0 aliphatic rings. The lowest BCUT2D eigenvalue weighted by Crippen LogP contribution is -2.38. The van der Waals surface area contributed by atoms with E-state index in [0.29, 0.717) is 6.54 Å². The number of aromatic nitrogens is 3. The minimum Gasteiger partial charge on any atom is -0.355 e. The molecule has 0 saturated carbocycles. The molecule has 1 rings (SSSR count). The van der Waals surface area contributed by atoms with E-state index in [1.807, 2.05) is 13.8 Å². The van der Waals surface area contributed by atoms with Gasteiger partial charge in [0, 0.05) is 13.0 Å². The van der Waals surface area contributed by atoms with Crippen LogP contribution in [0.1, 0.15) is 26.1 Å². The van der Waals surface area contributed by atoms with E-state index in [1.165, 1.54) is 6.33 Å². The van der Waals surface area contributed by atoms with Crippen molar-refractivity contribution in [2.24, 2.45) is 0 Å². The molecule has 0 fully saturated rings. The molecule has 0 spiro atoms. The van der Waals surface area contributed by atoms with Gasteiger partial charge in [-0.05, 0) is 20.3 Å². The van der Waals surface area contributed by atoms with Crippen molar-refractivity contribution in [2.45, 2.75) is 31.0 Å². The van der Waals surface area contributed by atoms with Crippen LogP contribution in [0.3, 0.4) is 0 Å². The van der Waals surface area contributed by atoms with E-state index in [1.54, 1.807) is 0 Å². The Morgan fingerprint density at radius 2 is 2.40 bits per heavy atom. The molecule has 2 N–H and O–H groups in total. The number of alkyl halides is 1. The summed E-state index contributed by atoms with van der Waals surface area (Å²) < 4.78 is -0.501. The van der Waals surface area contributed by atoms with E-state index in [-0.39, 0.29) is 5.91 Å². The largest absolute Gasteiger partial charge is 0.355 e. The molecule has 5 nitrogen and oxygen atoms in total. The maximum atomic E-state index is 11.4. The van der Waals surface area contributed by atoms with E-state index < -0.39 is 4.32 Å². The molecule has 1 heterocycles. The average Bonchev–Trinajstić information content (AvgIpc) is 2.63. The van der Waals surface area contributed by atoms with E-state index in [9.17, 15) is 4.79 Å². The van der Waals surface area contributed by atoms with Crippen molar-refractivity contribution in [3.63, 3.8) is 0 Å². The molecule has 84 valence electrons. The van der Waals surface area contributed by atoms with Gasteiger partial charge in [0.15, 0.2) is 0 Å². The van der Waals surface area contributed by atoms with Crippen LogP contribution in [0.5, 0.6) is 0 Å². The number of nitrogens with one attached hydrogen (secondary N) is 2. The first-order chi connectivity index (χ1) is 7.00. The Morgan fingerprint density at radius 1 is 1.67 bits per heavy atom. The number of nitrogens with zero attached hydrogens (tertiary/aromatic N) is 2. The highest BCUT2D eigenvalue weighted by molar-refractivity contribution is 9.10. The zero-order valence-corrected chi connectivity index (χ0v) is 10.5. The number of carbonyl (C=O) groups is 1. The molecule has 1 aromatic rings. The van der Waals surface area contributed by atoms with E-state index >= 15 is 0 Å². The number of hydrogen-bond acceptors (Lipinski definition) is 3. The van der Waals surface area contributed by atoms with Gasteiger partial charge in [-0.1, -0.05) is 15.9 Å². The number of halogens is 1. The summed E-state index contributed by atoms with van der Waals surface area (Å²) in [5.41, 5.74) is 0. The van der Waals surface area contributed by atoms with Gasteiger partial charge in [-0.3, -0.25) is 9.89 Å². The Bertz CT molecular complexity index is 304. The Morgan fingerprint density at radius 3 is 2.93 bits per heavy atom. The fourth-order valence-corrected chi connectivity index (χ4v) is 1.16. The average molecular weight is 275 g/mol. The standard InChI is InChI=1S/C9H15BrN4O/c1-9(2,10)8(15)11-5-3-4-7-12-6-13-14-7/h6H,3-5H2,1-2H3,(H,11,15)(H,12,13,14). The van der Waals surface area contributed by atoms with Gasteiger partial charge in [0.25, 0.3) is 0 Å². The fourth-order valence-electron chi connectivity index (χ4n) is 1.02. The monoisotopic (exact) mass is 274 g/mol. The van der Waals surface area contributed by atoms with Crippen LogP contribution in [0.25, 0.3) is 0 Å². The summed E-state index contributed by atoms with van der Waals surface area (Å²) >= 11 is 3.29. The molecular formula is C9H15BrN4O. The van der Waals surface area contributed by atoms with Crippen LogP contribution >= 0.6 is 15.9 Å². The third-order valence-electron chi connectivity index (χ3n) is 1.88. The van der Waals surface area contributed by atoms with Gasteiger partial charge < -0.3 is 5.32 Å². The van der Waals surface area contributed by atoms with Gasteiger partial charge in [0.05, 0.1) is 4.32 Å². The summed E-state index contributed by atoms with van der Waals surface area (Å²) in [5.74, 6) is 0.849. The Labute approximate surface area is 97.2 Å². The Kier molecular flexibility index (Phi) is 4.26. The molecule has 0 aromatic carbocycles. The van der Waals surface area contributed by atoms with Crippen molar-refractivity contribution in [1.29, 1.82) is 0 Å². The first-order valence-electron chi connectivity index (χ1n) is 4.81. The highest BCUT2D eigenvalue weighted by Gasteiger charge is 2.22. The van der Waals surface area contributed by atoms with Gasteiger partial charge in [-0.15, -0.1) is 0 Å². The molecule has 0 radical (unpaired) electrons. The second kappa shape index (κ2) is 5.25. The zero-order chi connectivity index (χ0) is 11.3. The number of rotatable bonds is 5. The topological polar surface area (TPSA) is 70.7 Å². The fraction of sp³-hybridized carbons (Fsp3) is 0.667. The number of aryl methyl sites for hydroxylation is 1. The van der Waals surface area contributed by atoms with Crippen LogP contribution in [0.2, 0.25) is 0 Å². The normalized spacial score (nSPS) is 11.4. The number of amides is 1. The van der Waals surface area contributed by atoms with Crippen LogP contribution in [0.15, 0.2) is 6.33 Å². The lowest BCUT2D eigenvalue weighted by atomic mass is 10.2. The van der Waals surface area contributed by atoms with E-state index in [4.69, 9.17) is 0 Å². The molecule has 0 saturated heterocycles. The van der Waals surface area contributed by atoms with Crippen LogP contribution in [-0.2, 0) is 11.2 Å². The van der Waals surface area contributed by atoms with Crippen molar-refractivity contribution < 1.29 is 4.79 Å². The van der Waals surface area contributed by atoms with E-state index in [2.05, 4.69) is 36.4 Å². The van der Waals surface area contributed by atoms with Crippen LogP contribution < -0.4 is 5.32 Å². The first-order valence-corrected chi connectivity index (χ1v) is 5.61. The third-order valence-corrected chi connectivity index (χ3v) is 2.24. The number of H-pyrrole nitrogens is 1. The van der Waals surface area contributed by atoms with Crippen molar-refractivity contribution in [3.05, 3.63) is 12.2 Å².